The Bertz CT molecular complexity index is 730. The predicted molar refractivity (Wildman–Crippen MR) is 81.5 cm³/mol. The van der Waals surface area contributed by atoms with E-state index in [9.17, 15) is 8.42 Å². The Morgan fingerprint density at radius 2 is 2.14 bits per heavy atom. The highest BCUT2D eigenvalue weighted by Crippen LogP contribution is 2.26. The molecule has 1 aliphatic heterocycles. The van der Waals surface area contributed by atoms with Crippen LogP contribution in [-0.2, 0) is 10.0 Å². The van der Waals surface area contributed by atoms with Crippen molar-refractivity contribution in [3.05, 3.63) is 36.2 Å². The van der Waals surface area contributed by atoms with E-state index in [1.807, 2.05) is 30.3 Å². The second-order valence-corrected chi connectivity index (χ2v) is 7.26. The van der Waals surface area contributed by atoms with Crippen LogP contribution in [0.2, 0.25) is 0 Å². The highest BCUT2D eigenvalue weighted by molar-refractivity contribution is 7.89. The van der Waals surface area contributed by atoms with E-state index in [1.165, 1.54) is 4.31 Å². The third-order valence-electron chi connectivity index (χ3n) is 3.68. The van der Waals surface area contributed by atoms with E-state index < -0.39 is 16.1 Å². The van der Waals surface area contributed by atoms with Crippen molar-refractivity contribution in [1.82, 2.24) is 19.8 Å². The molecule has 118 valence electrons. The maximum Gasteiger partial charge on any atom is 0.246 e. The summed E-state index contributed by atoms with van der Waals surface area (Å²) in [5.41, 5.74) is 0.839. The Labute approximate surface area is 129 Å². The van der Waals surface area contributed by atoms with Gasteiger partial charge in [-0.05, 0) is 6.92 Å². The monoisotopic (exact) mass is 322 g/mol. The van der Waals surface area contributed by atoms with Gasteiger partial charge in [-0.1, -0.05) is 35.5 Å². The fraction of sp³-hybridized carbons (Fsp3) is 0.429. The highest BCUT2D eigenvalue weighted by Gasteiger charge is 2.35. The van der Waals surface area contributed by atoms with Crippen molar-refractivity contribution < 1.29 is 12.9 Å². The molecule has 1 aromatic heterocycles. The molecule has 3 rings (SSSR count). The van der Waals surface area contributed by atoms with Crippen LogP contribution in [0.15, 0.2) is 34.9 Å². The molecule has 1 atom stereocenters. The van der Waals surface area contributed by atoms with Gasteiger partial charge >= 0.3 is 0 Å². The zero-order valence-corrected chi connectivity index (χ0v) is 13.1. The summed E-state index contributed by atoms with van der Waals surface area (Å²) in [5.74, 6) is 0.849. The molecule has 22 heavy (non-hydrogen) atoms. The first-order valence-electron chi connectivity index (χ1n) is 7.21. The normalized spacial score (nSPS) is 20.1. The lowest BCUT2D eigenvalue weighted by atomic mass is 10.2. The van der Waals surface area contributed by atoms with Crippen LogP contribution in [0.3, 0.4) is 0 Å². The molecule has 0 aliphatic carbocycles. The van der Waals surface area contributed by atoms with Crippen LogP contribution in [0.1, 0.15) is 18.9 Å². The van der Waals surface area contributed by atoms with Gasteiger partial charge in [0, 0.05) is 25.2 Å². The Morgan fingerprint density at radius 1 is 1.36 bits per heavy atom. The van der Waals surface area contributed by atoms with E-state index in [4.69, 9.17) is 4.52 Å². The molecular formula is C14H18N4O3S. The molecule has 0 spiro atoms. The third-order valence-corrected chi connectivity index (χ3v) is 5.56. The third kappa shape index (κ3) is 2.90. The number of hydrogen-bond donors (Lipinski definition) is 1. The number of benzene rings is 1. The lowest BCUT2D eigenvalue weighted by Crippen LogP contribution is -2.49. The van der Waals surface area contributed by atoms with E-state index in [-0.39, 0.29) is 5.75 Å². The van der Waals surface area contributed by atoms with Crippen LogP contribution < -0.4 is 5.32 Å². The topological polar surface area (TPSA) is 88.3 Å². The molecule has 0 radical (unpaired) electrons. The van der Waals surface area contributed by atoms with E-state index in [1.54, 1.807) is 6.92 Å². The van der Waals surface area contributed by atoms with E-state index >= 15 is 0 Å². The van der Waals surface area contributed by atoms with Crippen LogP contribution in [0.25, 0.3) is 11.4 Å². The summed E-state index contributed by atoms with van der Waals surface area (Å²) in [6.45, 7) is 3.13. The van der Waals surface area contributed by atoms with Crippen LogP contribution in [0.5, 0.6) is 0 Å². The number of nitrogens with one attached hydrogen (secondary N) is 1. The van der Waals surface area contributed by atoms with Gasteiger partial charge in [-0.25, -0.2) is 8.42 Å². The zero-order chi connectivity index (χ0) is 15.6. The Hall–Kier alpha value is -1.77. The second-order valence-electron chi connectivity index (χ2n) is 5.05. The SMILES string of the molecule is CCS(=O)(=O)N1CCNCC1c1nc(-c2ccccc2)no1. The average molecular weight is 322 g/mol. The molecule has 1 unspecified atom stereocenters. The lowest BCUT2D eigenvalue weighted by molar-refractivity contribution is 0.217. The quantitative estimate of drug-likeness (QED) is 0.904. The van der Waals surface area contributed by atoms with Gasteiger partial charge in [0.1, 0.15) is 6.04 Å². The molecule has 8 heteroatoms. The molecule has 1 aromatic carbocycles. The summed E-state index contributed by atoms with van der Waals surface area (Å²) in [6.07, 6.45) is 0. The van der Waals surface area contributed by atoms with Crippen molar-refractivity contribution >= 4 is 10.0 Å². The molecule has 1 fully saturated rings. The molecule has 0 amide bonds. The number of nitrogens with zero attached hydrogens (tertiary/aromatic N) is 3. The molecule has 2 heterocycles. The van der Waals surface area contributed by atoms with Gasteiger partial charge in [0.2, 0.25) is 21.7 Å². The Morgan fingerprint density at radius 3 is 2.86 bits per heavy atom. The van der Waals surface area contributed by atoms with Crippen molar-refractivity contribution in [2.75, 3.05) is 25.4 Å². The van der Waals surface area contributed by atoms with Crippen molar-refractivity contribution in [2.45, 2.75) is 13.0 Å². The van der Waals surface area contributed by atoms with Crippen molar-refractivity contribution in [3.63, 3.8) is 0 Å². The minimum absolute atomic E-state index is 0.0587. The molecule has 1 aliphatic rings. The van der Waals surface area contributed by atoms with Crippen LogP contribution >= 0.6 is 0 Å². The summed E-state index contributed by atoms with van der Waals surface area (Å²) in [5, 5.41) is 7.14. The van der Waals surface area contributed by atoms with Crippen LogP contribution in [0, 0.1) is 0 Å². The van der Waals surface area contributed by atoms with Gasteiger partial charge in [-0.15, -0.1) is 0 Å². The molecule has 0 saturated carbocycles. The standard InChI is InChI=1S/C14H18N4O3S/c1-2-22(19,20)18-9-8-15-10-12(18)14-16-13(17-21-14)11-6-4-3-5-7-11/h3-7,12,15H,2,8-10H2,1H3. The first-order valence-corrected chi connectivity index (χ1v) is 8.82. The van der Waals surface area contributed by atoms with Gasteiger partial charge in [0.25, 0.3) is 0 Å². The van der Waals surface area contributed by atoms with Gasteiger partial charge in [-0.3, -0.25) is 0 Å². The minimum atomic E-state index is -3.31. The number of rotatable bonds is 4. The molecule has 1 saturated heterocycles. The second kappa shape index (κ2) is 6.15. The number of hydrogen-bond acceptors (Lipinski definition) is 6. The number of sulfonamides is 1. The first kappa shape index (κ1) is 15.1. The molecule has 1 N–H and O–H groups in total. The van der Waals surface area contributed by atoms with Crippen LogP contribution in [-0.4, -0.2) is 48.3 Å². The minimum Gasteiger partial charge on any atom is -0.337 e. The molecule has 2 aromatic rings. The summed E-state index contributed by atoms with van der Waals surface area (Å²) >= 11 is 0. The van der Waals surface area contributed by atoms with E-state index in [2.05, 4.69) is 15.5 Å². The molecule has 0 bridgehead atoms. The number of piperazine rings is 1. The van der Waals surface area contributed by atoms with Gasteiger partial charge in [-0.2, -0.15) is 9.29 Å². The van der Waals surface area contributed by atoms with Gasteiger partial charge in [0.05, 0.1) is 5.75 Å². The number of aromatic nitrogens is 2. The van der Waals surface area contributed by atoms with Gasteiger partial charge in [0.15, 0.2) is 0 Å². The smallest absolute Gasteiger partial charge is 0.246 e. The first-order chi connectivity index (χ1) is 10.6. The maximum atomic E-state index is 12.2. The van der Waals surface area contributed by atoms with Gasteiger partial charge < -0.3 is 9.84 Å². The predicted octanol–water partition coefficient (Wildman–Crippen LogP) is 1.03. The maximum absolute atomic E-state index is 12.2. The summed E-state index contributed by atoms with van der Waals surface area (Å²) in [6, 6.07) is 9.00. The summed E-state index contributed by atoms with van der Waals surface area (Å²) < 4.78 is 31.2. The Balaban J connectivity index is 1.91. The fourth-order valence-corrected chi connectivity index (χ4v) is 3.72. The summed E-state index contributed by atoms with van der Waals surface area (Å²) in [4.78, 5) is 4.38. The lowest BCUT2D eigenvalue weighted by Gasteiger charge is -2.32. The molecule has 7 nitrogen and oxygen atoms in total. The van der Waals surface area contributed by atoms with Crippen molar-refractivity contribution in [2.24, 2.45) is 0 Å². The van der Waals surface area contributed by atoms with E-state index in [0.717, 1.165) is 5.56 Å². The van der Waals surface area contributed by atoms with Crippen molar-refractivity contribution in [3.8, 4) is 11.4 Å². The van der Waals surface area contributed by atoms with Crippen LogP contribution in [0.4, 0.5) is 0 Å². The molecular weight excluding hydrogens is 304 g/mol. The highest BCUT2D eigenvalue weighted by atomic mass is 32.2. The average Bonchev–Trinajstić information content (AvgIpc) is 3.05. The van der Waals surface area contributed by atoms with Crippen molar-refractivity contribution in [1.29, 1.82) is 0 Å². The largest absolute Gasteiger partial charge is 0.337 e. The van der Waals surface area contributed by atoms with E-state index in [0.29, 0.717) is 31.3 Å². The zero-order valence-electron chi connectivity index (χ0n) is 12.3. The summed E-state index contributed by atoms with van der Waals surface area (Å²) in [7, 11) is -3.31. The Kier molecular flexibility index (Phi) is 4.23. The fourth-order valence-electron chi connectivity index (χ4n) is 2.47.